The zero-order valence-electron chi connectivity index (χ0n) is 17.7. The van der Waals surface area contributed by atoms with Crippen LogP contribution in [0.25, 0.3) is 0 Å². The number of halogens is 2. The van der Waals surface area contributed by atoms with E-state index in [1.165, 1.54) is 25.7 Å². The number of hydrogen-bond donors (Lipinski definition) is 0. The van der Waals surface area contributed by atoms with Crippen molar-refractivity contribution < 1.29 is 8.78 Å². The van der Waals surface area contributed by atoms with E-state index >= 15 is 4.39 Å². The minimum atomic E-state index is -0.526. The van der Waals surface area contributed by atoms with Gasteiger partial charge in [0, 0.05) is 0 Å². The Morgan fingerprint density at radius 2 is 1.79 bits per heavy atom. The lowest BCUT2D eigenvalue weighted by Crippen LogP contribution is -2.30. The van der Waals surface area contributed by atoms with Crippen LogP contribution in [-0.2, 0) is 12.8 Å². The number of aryl methyl sites for hydroxylation is 1. The molecule has 0 amide bonds. The van der Waals surface area contributed by atoms with Crippen LogP contribution in [-0.4, -0.2) is 0 Å². The highest BCUT2D eigenvalue weighted by molar-refractivity contribution is 5.38. The zero-order chi connectivity index (χ0) is 19.7. The van der Waals surface area contributed by atoms with Crippen molar-refractivity contribution in [3.05, 3.63) is 46.5 Å². The highest BCUT2D eigenvalue weighted by atomic mass is 19.2. The van der Waals surface area contributed by atoms with Gasteiger partial charge in [-0.1, -0.05) is 38.0 Å². The highest BCUT2D eigenvalue weighted by Gasteiger charge is 2.37. The van der Waals surface area contributed by atoms with Gasteiger partial charge in [-0.05, 0) is 111 Å². The van der Waals surface area contributed by atoms with Gasteiger partial charge in [0.1, 0.15) is 0 Å². The smallest absolute Gasteiger partial charge is 0.162 e. The van der Waals surface area contributed by atoms with Crippen molar-refractivity contribution in [1.82, 2.24) is 0 Å². The average Bonchev–Trinajstić information content (AvgIpc) is 2.71. The molecule has 28 heavy (non-hydrogen) atoms. The van der Waals surface area contributed by atoms with E-state index in [0.29, 0.717) is 23.0 Å². The summed E-state index contributed by atoms with van der Waals surface area (Å²) in [5.74, 6) is 1.91. The third-order valence-corrected chi connectivity index (χ3v) is 8.00. The number of hydrogen-bond acceptors (Lipinski definition) is 0. The van der Waals surface area contributed by atoms with Gasteiger partial charge in [0.25, 0.3) is 0 Å². The molecule has 0 heterocycles. The van der Waals surface area contributed by atoms with Crippen LogP contribution in [0.5, 0.6) is 0 Å². The molecule has 0 radical (unpaired) electrons. The summed E-state index contributed by atoms with van der Waals surface area (Å²) < 4.78 is 30.1. The van der Waals surface area contributed by atoms with Crippen LogP contribution in [0.3, 0.4) is 0 Å². The van der Waals surface area contributed by atoms with Crippen molar-refractivity contribution >= 4 is 0 Å². The Balaban J connectivity index is 1.51. The van der Waals surface area contributed by atoms with E-state index in [9.17, 15) is 4.39 Å². The van der Waals surface area contributed by atoms with Gasteiger partial charge in [-0.2, -0.15) is 0 Å². The molecule has 2 saturated carbocycles. The molecule has 5 unspecified atom stereocenters. The number of rotatable bonds is 4. The Morgan fingerprint density at radius 1 is 1.00 bits per heavy atom. The summed E-state index contributed by atoms with van der Waals surface area (Å²) in [6.07, 6.45) is 16.7. The van der Waals surface area contributed by atoms with Gasteiger partial charge in [0.05, 0.1) is 0 Å². The van der Waals surface area contributed by atoms with Crippen molar-refractivity contribution in [2.45, 2.75) is 90.4 Å². The van der Waals surface area contributed by atoms with E-state index in [2.05, 4.69) is 32.1 Å². The summed E-state index contributed by atoms with van der Waals surface area (Å²) in [7, 11) is 0. The van der Waals surface area contributed by atoms with Crippen molar-refractivity contribution in [1.29, 1.82) is 0 Å². The molecular weight excluding hydrogens is 350 g/mol. The minimum absolute atomic E-state index is 0.215. The molecule has 3 aliphatic rings. The maximum Gasteiger partial charge on any atom is 0.162 e. The Kier molecular flexibility index (Phi) is 6.23. The monoisotopic (exact) mass is 386 g/mol. The molecule has 154 valence electrons. The van der Waals surface area contributed by atoms with Crippen LogP contribution in [0.15, 0.2) is 18.2 Å². The van der Waals surface area contributed by atoms with E-state index in [1.54, 1.807) is 0 Å². The maximum absolute atomic E-state index is 15.1. The Morgan fingerprint density at radius 3 is 2.57 bits per heavy atom. The zero-order valence-corrected chi connectivity index (χ0v) is 17.7. The number of fused-ring (bicyclic) bond motifs is 2. The van der Waals surface area contributed by atoms with Crippen LogP contribution in [0.2, 0.25) is 0 Å². The molecule has 1 aromatic carbocycles. The molecule has 0 saturated heterocycles. The largest absolute Gasteiger partial charge is 0.203 e. The van der Waals surface area contributed by atoms with Gasteiger partial charge < -0.3 is 0 Å². The molecule has 4 rings (SSSR count). The first kappa shape index (κ1) is 20.1. The van der Waals surface area contributed by atoms with Crippen LogP contribution in [0.4, 0.5) is 8.78 Å². The summed E-state index contributed by atoms with van der Waals surface area (Å²) in [5.41, 5.74) is 2.48. The second-order valence-corrected chi connectivity index (χ2v) is 9.76. The molecule has 0 spiro atoms. The first-order valence-electron chi connectivity index (χ1n) is 11.7. The number of allylic oxidation sites excluding steroid dienone is 2. The van der Waals surface area contributed by atoms with Crippen molar-refractivity contribution in [3.63, 3.8) is 0 Å². The first-order valence-corrected chi connectivity index (χ1v) is 11.7. The van der Waals surface area contributed by atoms with Gasteiger partial charge in [0.2, 0.25) is 0 Å². The molecule has 2 heteroatoms. The topological polar surface area (TPSA) is 0 Å². The van der Waals surface area contributed by atoms with Gasteiger partial charge >= 0.3 is 0 Å². The fraction of sp³-hybridized carbons (Fsp3) is 0.692. The van der Waals surface area contributed by atoms with Crippen molar-refractivity contribution in [3.8, 4) is 0 Å². The Bertz CT molecular complexity index is 720. The second-order valence-electron chi connectivity index (χ2n) is 9.76. The van der Waals surface area contributed by atoms with Crippen LogP contribution < -0.4 is 0 Å². The van der Waals surface area contributed by atoms with Crippen LogP contribution in [0.1, 0.15) is 94.2 Å². The third-order valence-electron chi connectivity index (χ3n) is 8.00. The Hall–Kier alpha value is -1.18. The molecule has 0 nitrogen and oxygen atoms in total. The van der Waals surface area contributed by atoms with E-state index in [4.69, 9.17) is 0 Å². The van der Waals surface area contributed by atoms with Crippen LogP contribution in [0, 0.1) is 35.3 Å². The van der Waals surface area contributed by atoms with E-state index in [1.807, 2.05) is 0 Å². The first-order chi connectivity index (χ1) is 13.6. The minimum Gasteiger partial charge on any atom is -0.203 e. The summed E-state index contributed by atoms with van der Waals surface area (Å²) >= 11 is 0. The van der Waals surface area contributed by atoms with Crippen molar-refractivity contribution in [2.75, 3.05) is 0 Å². The molecule has 2 fully saturated rings. The standard InChI is InChI=1S/C26H36F2/c1-3-5-17-7-9-20-15-21(12-11-19(20)13-17)24-16-22-10-8-18(6-4-2)14-23(22)25(27)26(24)28/h3,5,16-21H,4,6-15H2,1-2H3/b5-3+. The summed E-state index contributed by atoms with van der Waals surface area (Å²) in [5, 5.41) is 0. The predicted octanol–water partition coefficient (Wildman–Crippen LogP) is 7.75. The molecule has 3 aliphatic carbocycles. The quantitative estimate of drug-likeness (QED) is 0.464. The lowest BCUT2D eigenvalue weighted by atomic mass is 9.63. The summed E-state index contributed by atoms with van der Waals surface area (Å²) in [6, 6.07) is 2.06. The molecule has 0 N–H and O–H groups in total. The molecule has 0 aromatic heterocycles. The van der Waals surface area contributed by atoms with E-state index < -0.39 is 11.6 Å². The molecule has 0 aliphatic heterocycles. The van der Waals surface area contributed by atoms with Gasteiger partial charge in [-0.3, -0.25) is 0 Å². The van der Waals surface area contributed by atoms with E-state index in [-0.39, 0.29) is 5.92 Å². The molecule has 5 atom stereocenters. The fourth-order valence-electron chi connectivity index (χ4n) is 6.54. The normalized spacial score (nSPS) is 32.9. The van der Waals surface area contributed by atoms with Gasteiger partial charge in [0.15, 0.2) is 11.6 Å². The fourth-order valence-corrected chi connectivity index (χ4v) is 6.54. The number of benzene rings is 1. The lowest BCUT2D eigenvalue weighted by molar-refractivity contribution is 0.132. The summed E-state index contributed by atoms with van der Waals surface area (Å²) in [4.78, 5) is 0. The van der Waals surface area contributed by atoms with Crippen molar-refractivity contribution in [2.24, 2.45) is 23.7 Å². The lowest BCUT2D eigenvalue weighted by Gasteiger charge is -2.42. The van der Waals surface area contributed by atoms with Gasteiger partial charge in [-0.15, -0.1) is 0 Å². The van der Waals surface area contributed by atoms with E-state index in [0.717, 1.165) is 62.3 Å². The molecular formula is C26H36F2. The predicted molar refractivity (Wildman–Crippen MR) is 113 cm³/mol. The van der Waals surface area contributed by atoms with Gasteiger partial charge in [-0.25, -0.2) is 8.78 Å². The maximum atomic E-state index is 15.1. The SMILES string of the molecule is C/C=C/C1CCC2CC(c3cc4c(c(F)c3F)CC(CCC)CC4)CCC2C1. The second kappa shape index (κ2) is 8.67. The average molecular weight is 387 g/mol. The van der Waals surface area contributed by atoms with Crippen LogP contribution >= 0.6 is 0 Å². The summed E-state index contributed by atoms with van der Waals surface area (Å²) in [6.45, 7) is 4.29. The molecule has 0 bridgehead atoms. The highest BCUT2D eigenvalue weighted by Crippen LogP contribution is 2.49. The Labute approximate surface area is 169 Å². The third kappa shape index (κ3) is 3.94. The molecule has 1 aromatic rings.